The molecule has 0 aliphatic rings. The lowest BCUT2D eigenvalue weighted by Crippen LogP contribution is -2.50. The maximum Gasteiger partial charge on any atom is 0.279 e. The van der Waals surface area contributed by atoms with E-state index in [0.717, 1.165) is 10.8 Å². The van der Waals surface area contributed by atoms with E-state index in [1.807, 2.05) is 42.5 Å². The van der Waals surface area contributed by atoms with Gasteiger partial charge in [0.2, 0.25) is 0 Å². The van der Waals surface area contributed by atoms with Gasteiger partial charge in [0.25, 0.3) is 5.91 Å². The van der Waals surface area contributed by atoms with Crippen molar-refractivity contribution in [2.45, 2.75) is 13.0 Å². The number of hydrogen-bond donors (Lipinski definition) is 3. The van der Waals surface area contributed by atoms with Crippen molar-refractivity contribution in [3.05, 3.63) is 55.1 Å². The van der Waals surface area contributed by atoms with Crippen LogP contribution in [0, 0.1) is 0 Å². The van der Waals surface area contributed by atoms with Crippen LogP contribution in [0.3, 0.4) is 0 Å². The van der Waals surface area contributed by atoms with E-state index in [0.29, 0.717) is 17.4 Å². The summed E-state index contributed by atoms with van der Waals surface area (Å²) in [6.45, 7) is 5.76. The number of carbonyl (C=O) groups is 1. The lowest BCUT2D eigenvalue weighted by Gasteiger charge is -2.16. The molecule has 120 valence electrons. The average molecular weight is 329 g/mol. The first-order valence-electron chi connectivity index (χ1n) is 7.20. The standard InChI is InChI=1S/C17H19N3O2S/c1-3-10-18-17(23)20-19-16(21)12(2)22-15-9-8-13-6-4-5-7-14(13)11-15/h3-9,11-12H,1,10H2,2H3,(H,19,21)(H2,18,20,23)/t12-/m0/s1. The van der Waals surface area contributed by atoms with Crippen molar-refractivity contribution in [2.24, 2.45) is 0 Å². The van der Waals surface area contributed by atoms with Crippen LogP contribution in [-0.4, -0.2) is 23.7 Å². The van der Waals surface area contributed by atoms with Crippen LogP contribution in [0.1, 0.15) is 6.92 Å². The Morgan fingerprint density at radius 2 is 2.00 bits per heavy atom. The van der Waals surface area contributed by atoms with E-state index in [1.54, 1.807) is 13.0 Å². The largest absolute Gasteiger partial charge is 0.481 e. The fraction of sp³-hybridized carbons (Fsp3) is 0.176. The highest BCUT2D eigenvalue weighted by molar-refractivity contribution is 7.80. The molecule has 0 heterocycles. The molecule has 0 aliphatic heterocycles. The first-order chi connectivity index (χ1) is 11.1. The van der Waals surface area contributed by atoms with Gasteiger partial charge in [-0.3, -0.25) is 15.6 Å². The molecule has 6 heteroatoms. The Kier molecular flexibility index (Phi) is 5.94. The zero-order valence-corrected chi connectivity index (χ0v) is 13.7. The number of hydrazine groups is 1. The van der Waals surface area contributed by atoms with Gasteiger partial charge in [-0.25, -0.2) is 0 Å². The van der Waals surface area contributed by atoms with E-state index >= 15 is 0 Å². The Bertz CT molecular complexity index is 718. The smallest absolute Gasteiger partial charge is 0.279 e. The second kappa shape index (κ2) is 8.14. The van der Waals surface area contributed by atoms with Crippen LogP contribution in [0.2, 0.25) is 0 Å². The van der Waals surface area contributed by atoms with Gasteiger partial charge in [0, 0.05) is 6.54 Å². The molecule has 0 unspecified atom stereocenters. The fourth-order valence-electron chi connectivity index (χ4n) is 1.93. The Morgan fingerprint density at radius 3 is 2.74 bits per heavy atom. The summed E-state index contributed by atoms with van der Waals surface area (Å²) >= 11 is 4.98. The molecule has 0 radical (unpaired) electrons. The summed E-state index contributed by atoms with van der Waals surface area (Å²) in [6, 6.07) is 13.7. The number of carbonyl (C=O) groups excluding carboxylic acids is 1. The second-order valence-electron chi connectivity index (χ2n) is 4.88. The molecule has 0 aliphatic carbocycles. The normalized spacial score (nSPS) is 11.3. The molecule has 1 atom stereocenters. The van der Waals surface area contributed by atoms with Crippen molar-refractivity contribution in [3.63, 3.8) is 0 Å². The molecule has 23 heavy (non-hydrogen) atoms. The second-order valence-corrected chi connectivity index (χ2v) is 5.29. The molecule has 5 nitrogen and oxygen atoms in total. The van der Waals surface area contributed by atoms with Crippen LogP contribution in [0.15, 0.2) is 55.1 Å². The zero-order chi connectivity index (χ0) is 16.7. The summed E-state index contributed by atoms with van der Waals surface area (Å²) in [7, 11) is 0. The van der Waals surface area contributed by atoms with Crippen LogP contribution in [-0.2, 0) is 4.79 Å². The van der Waals surface area contributed by atoms with E-state index < -0.39 is 6.10 Å². The molecule has 2 aromatic rings. The molecule has 2 rings (SSSR count). The SMILES string of the molecule is C=CCNC(=S)NNC(=O)[C@H](C)Oc1ccc2ccccc2c1. The van der Waals surface area contributed by atoms with E-state index in [1.165, 1.54) is 0 Å². The lowest BCUT2D eigenvalue weighted by molar-refractivity contribution is -0.127. The molecule has 2 aromatic carbocycles. The van der Waals surface area contributed by atoms with Crippen LogP contribution < -0.4 is 20.9 Å². The van der Waals surface area contributed by atoms with Crippen molar-refractivity contribution in [1.82, 2.24) is 16.2 Å². The Labute approximate surface area is 140 Å². The maximum atomic E-state index is 12.0. The highest BCUT2D eigenvalue weighted by Crippen LogP contribution is 2.21. The van der Waals surface area contributed by atoms with Gasteiger partial charge in [-0.05, 0) is 42.0 Å². The molecule has 0 fully saturated rings. The predicted molar refractivity (Wildman–Crippen MR) is 96.1 cm³/mol. The fourth-order valence-corrected chi connectivity index (χ4v) is 2.06. The third kappa shape index (κ3) is 4.96. The summed E-state index contributed by atoms with van der Waals surface area (Å²) in [4.78, 5) is 12.0. The number of thiocarbonyl (C=S) groups is 1. The summed E-state index contributed by atoms with van der Waals surface area (Å²) in [5.41, 5.74) is 5.10. The van der Waals surface area contributed by atoms with Crippen molar-refractivity contribution in [2.75, 3.05) is 6.54 Å². The van der Waals surface area contributed by atoms with Crippen LogP contribution in [0.4, 0.5) is 0 Å². The highest BCUT2D eigenvalue weighted by Gasteiger charge is 2.14. The summed E-state index contributed by atoms with van der Waals surface area (Å²) in [6.07, 6.45) is 1.01. The molecule has 0 saturated heterocycles. The van der Waals surface area contributed by atoms with Gasteiger partial charge < -0.3 is 10.1 Å². The average Bonchev–Trinajstić information content (AvgIpc) is 2.57. The number of benzene rings is 2. The number of hydrogen-bond acceptors (Lipinski definition) is 3. The van der Waals surface area contributed by atoms with Gasteiger partial charge in [-0.1, -0.05) is 36.4 Å². The maximum absolute atomic E-state index is 12.0. The Hall–Kier alpha value is -2.60. The Morgan fingerprint density at radius 1 is 1.26 bits per heavy atom. The minimum absolute atomic E-state index is 0.316. The third-order valence-corrected chi connectivity index (χ3v) is 3.36. The summed E-state index contributed by atoms with van der Waals surface area (Å²) in [5.74, 6) is 0.319. The molecular weight excluding hydrogens is 310 g/mol. The quantitative estimate of drug-likeness (QED) is 0.446. The molecule has 0 bridgehead atoms. The first-order valence-corrected chi connectivity index (χ1v) is 7.61. The van der Waals surface area contributed by atoms with Gasteiger partial charge in [0.15, 0.2) is 11.2 Å². The van der Waals surface area contributed by atoms with Gasteiger partial charge in [-0.2, -0.15) is 0 Å². The van der Waals surface area contributed by atoms with Crippen molar-refractivity contribution < 1.29 is 9.53 Å². The molecule has 1 amide bonds. The number of nitrogens with one attached hydrogen (secondary N) is 3. The molecule has 0 saturated carbocycles. The van der Waals surface area contributed by atoms with Crippen LogP contribution in [0.25, 0.3) is 10.8 Å². The van der Waals surface area contributed by atoms with Gasteiger partial charge in [-0.15, -0.1) is 6.58 Å². The number of fused-ring (bicyclic) bond motifs is 1. The van der Waals surface area contributed by atoms with E-state index in [4.69, 9.17) is 17.0 Å². The van der Waals surface area contributed by atoms with Crippen molar-refractivity contribution in [3.8, 4) is 5.75 Å². The minimum Gasteiger partial charge on any atom is -0.481 e. The lowest BCUT2D eigenvalue weighted by atomic mass is 10.1. The van der Waals surface area contributed by atoms with Gasteiger partial charge >= 0.3 is 0 Å². The van der Waals surface area contributed by atoms with Gasteiger partial charge in [0.1, 0.15) is 5.75 Å². The zero-order valence-electron chi connectivity index (χ0n) is 12.8. The third-order valence-electron chi connectivity index (χ3n) is 3.11. The molecule has 0 aromatic heterocycles. The Balaban J connectivity index is 1.89. The summed E-state index contributed by atoms with van der Waals surface area (Å²) < 4.78 is 5.67. The van der Waals surface area contributed by atoms with E-state index in [9.17, 15) is 4.79 Å². The monoisotopic (exact) mass is 329 g/mol. The van der Waals surface area contributed by atoms with E-state index in [-0.39, 0.29) is 5.91 Å². The van der Waals surface area contributed by atoms with E-state index in [2.05, 4.69) is 22.7 Å². The number of ether oxygens (including phenoxy) is 1. The van der Waals surface area contributed by atoms with Crippen LogP contribution >= 0.6 is 12.2 Å². The van der Waals surface area contributed by atoms with Crippen molar-refractivity contribution in [1.29, 1.82) is 0 Å². The summed E-state index contributed by atoms with van der Waals surface area (Å²) in [5, 5.41) is 5.34. The van der Waals surface area contributed by atoms with Gasteiger partial charge in [0.05, 0.1) is 0 Å². The number of amides is 1. The highest BCUT2D eigenvalue weighted by atomic mass is 32.1. The number of rotatable bonds is 5. The first kappa shape index (κ1) is 16.8. The van der Waals surface area contributed by atoms with Crippen molar-refractivity contribution >= 4 is 34.0 Å². The topological polar surface area (TPSA) is 62.4 Å². The van der Waals surface area contributed by atoms with Crippen LogP contribution in [0.5, 0.6) is 5.75 Å². The predicted octanol–water partition coefficient (Wildman–Crippen LogP) is 2.29. The molecule has 0 spiro atoms. The molecule has 3 N–H and O–H groups in total. The molecular formula is C17H19N3O2S. The minimum atomic E-state index is -0.661.